The molecule has 2 aromatic carbocycles. The quantitative estimate of drug-likeness (QED) is 0.371. The zero-order chi connectivity index (χ0) is 22.5. The monoisotopic (exact) mass is 458 g/mol. The first-order chi connectivity index (χ1) is 16.1. The first-order valence-electron chi connectivity index (χ1n) is 11.8. The van der Waals surface area contributed by atoms with Gasteiger partial charge >= 0.3 is 0 Å². The highest BCUT2D eigenvalue weighted by Gasteiger charge is 2.29. The number of rotatable bonds is 7. The average molecular weight is 459 g/mol. The van der Waals surface area contributed by atoms with Crippen LogP contribution in [0.4, 0.5) is 5.69 Å². The molecule has 6 heteroatoms. The van der Waals surface area contributed by atoms with E-state index in [1.807, 2.05) is 19.1 Å². The van der Waals surface area contributed by atoms with Gasteiger partial charge in [-0.2, -0.15) is 0 Å². The van der Waals surface area contributed by atoms with Crippen LogP contribution < -0.4 is 10.5 Å². The van der Waals surface area contributed by atoms with E-state index in [2.05, 4.69) is 39.2 Å². The van der Waals surface area contributed by atoms with Gasteiger partial charge < -0.3 is 4.90 Å². The van der Waals surface area contributed by atoms with Crippen molar-refractivity contribution < 1.29 is 0 Å². The molecule has 0 aliphatic heterocycles. The summed E-state index contributed by atoms with van der Waals surface area (Å²) in [6.07, 6.45) is 7.13. The molecule has 2 saturated carbocycles. The fourth-order valence-electron chi connectivity index (χ4n) is 4.64. The molecular formula is C27H27ClN4O. The molecule has 5 nitrogen and oxygen atoms in total. The first-order valence-corrected chi connectivity index (χ1v) is 12.2. The lowest BCUT2D eigenvalue weighted by atomic mass is 10.0. The van der Waals surface area contributed by atoms with Gasteiger partial charge in [0.25, 0.3) is 5.56 Å². The van der Waals surface area contributed by atoms with Gasteiger partial charge in [-0.15, -0.1) is 0 Å². The molecule has 2 fully saturated rings. The van der Waals surface area contributed by atoms with Crippen LogP contribution in [0.3, 0.4) is 0 Å². The Bertz CT molecular complexity index is 1350. The largest absolute Gasteiger partial charge is 0.371 e. The molecule has 4 aromatic rings. The molecule has 168 valence electrons. The summed E-state index contributed by atoms with van der Waals surface area (Å²) in [5.74, 6) is 1.72. The second kappa shape index (κ2) is 8.07. The van der Waals surface area contributed by atoms with Gasteiger partial charge in [0, 0.05) is 41.3 Å². The molecule has 6 rings (SSSR count). The Hall–Kier alpha value is -3.05. The Morgan fingerprint density at radius 2 is 1.64 bits per heavy atom. The zero-order valence-corrected chi connectivity index (χ0v) is 19.5. The van der Waals surface area contributed by atoms with Gasteiger partial charge in [-0.3, -0.25) is 14.9 Å². The molecule has 0 saturated heterocycles. The van der Waals surface area contributed by atoms with Gasteiger partial charge in [-0.25, -0.2) is 4.68 Å². The van der Waals surface area contributed by atoms with Gasteiger partial charge in [0.05, 0.1) is 16.6 Å². The fourth-order valence-corrected chi connectivity index (χ4v) is 4.77. The summed E-state index contributed by atoms with van der Waals surface area (Å²) in [7, 11) is 0. The topological polar surface area (TPSA) is 53.9 Å². The number of hydrogen-bond acceptors (Lipinski definition) is 3. The molecule has 0 bridgehead atoms. The molecule has 2 aliphatic carbocycles. The summed E-state index contributed by atoms with van der Waals surface area (Å²) in [6, 6.07) is 16.0. The van der Waals surface area contributed by atoms with Crippen LogP contribution in [-0.2, 0) is 0 Å². The lowest BCUT2D eigenvalue weighted by Gasteiger charge is -2.25. The second-order valence-corrected chi connectivity index (χ2v) is 10.0. The van der Waals surface area contributed by atoms with Crippen LogP contribution in [0.5, 0.6) is 0 Å². The maximum atomic E-state index is 13.1. The van der Waals surface area contributed by atoms with Crippen molar-refractivity contribution in [1.82, 2.24) is 14.8 Å². The van der Waals surface area contributed by atoms with Gasteiger partial charge in [-0.1, -0.05) is 23.7 Å². The minimum atomic E-state index is -0.113. The Balaban J connectivity index is 1.39. The third-order valence-electron chi connectivity index (χ3n) is 6.88. The highest BCUT2D eigenvalue weighted by molar-refractivity contribution is 6.30. The van der Waals surface area contributed by atoms with Crippen molar-refractivity contribution in [2.75, 3.05) is 18.0 Å². The standard InChI is InChI=1S/C27H27ClN4O/c1-17-25(20-6-10-22(11-7-20)31(15-18-2-3-18)16-19-4-5-19)26-24(14-29-17)27(33)32(30-26)23-12-8-21(28)9-13-23/h6-14,18-19,30H,2-5,15-16H2,1H3. The molecule has 0 amide bonds. The number of fused-ring (bicyclic) bond motifs is 1. The van der Waals surface area contributed by atoms with E-state index in [-0.39, 0.29) is 5.56 Å². The van der Waals surface area contributed by atoms with Crippen molar-refractivity contribution in [3.05, 3.63) is 75.8 Å². The highest BCUT2D eigenvalue weighted by atomic mass is 35.5. The summed E-state index contributed by atoms with van der Waals surface area (Å²) in [5.41, 5.74) is 5.67. The number of aryl methyl sites for hydroxylation is 1. The molecule has 0 atom stereocenters. The molecule has 33 heavy (non-hydrogen) atoms. The predicted molar refractivity (Wildman–Crippen MR) is 135 cm³/mol. The van der Waals surface area contributed by atoms with E-state index >= 15 is 0 Å². The molecule has 0 spiro atoms. The lowest BCUT2D eigenvalue weighted by molar-refractivity contribution is 0.679. The van der Waals surface area contributed by atoms with E-state index < -0.39 is 0 Å². The van der Waals surface area contributed by atoms with Gasteiger partial charge in [0.2, 0.25) is 0 Å². The molecule has 1 N–H and O–H groups in total. The van der Waals surface area contributed by atoms with E-state index in [9.17, 15) is 4.79 Å². The SMILES string of the molecule is Cc1ncc2c(=O)n(-c3ccc(Cl)cc3)[nH]c2c1-c1ccc(N(CC2CC2)CC2CC2)cc1. The van der Waals surface area contributed by atoms with Crippen molar-refractivity contribution in [2.24, 2.45) is 11.8 Å². The number of halogens is 1. The van der Waals surface area contributed by atoms with Crippen LogP contribution in [0.2, 0.25) is 5.02 Å². The minimum absolute atomic E-state index is 0.113. The summed E-state index contributed by atoms with van der Waals surface area (Å²) in [5, 5.41) is 4.54. The number of aromatic nitrogens is 3. The fraction of sp³-hybridized carbons (Fsp3) is 0.333. The van der Waals surface area contributed by atoms with Gasteiger partial charge in [-0.05, 0) is 86.4 Å². The maximum absolute atomic E-state index is 13.1. The minimum Gasteiger partial charge on any atom is -0.371 e. The lowest BCUT2D eigenvalue weighted by Crippen LogP contribution is -2.27. The molecule has 0 unspecified atom stereocenters. The number of nitrogens with one attached hydrogen (secondary N) is 1. The van der Waals surface area contributed by atoms with Crippen LogP contribution in [0.1, 0.15) is 31.4 Å². The van der Waals surface area contributed by atoms with E-state index in [0.717, 1.165) is 39.9 Å². The van der Waals surface area contributed by atoms with E-state index in [4.69, 9.17) is 11.6 Å². The highest BCUT2D eigenvalue weighted by Crippen LogP contribution is 2.37. The van der Waals surface area contributed by atoms with Crippen molar-refractivity contribution in [3.8, 4) is 16.8 Å². The third-order valence-corrected chi connectivity index (χ3v) is 7.13. The van der Waals surface area contributed by atoms with Crippen molar-refractivity contribution in [2.45, 2.75) is 32.6 Å². The predicted octanol–water partition coefficient (Wildman–Crippen LogP) is 5.97. The Labute approximate surface area is 198 Å². The summed E-state index contributed by atoms with van der Waals surface area (Å²) >= 11 is 6.03. The number of anilines is 1. The van der Waals surface area contributed by atoms with E-state index in [0.29, 0.717) is 10.4 Å². The van der Waals surface area contributed by atoms with E-state index in [1.54, 1.807) is 23.0 Å². The molecule has 2 aromatic heterocycles. The maximum Gasteiger partial charge on any atom is 0.280 e. The van der Waals surface area contributed by atoms with Gasteiger partial charge in [0.15, 0.2) is 0 Å². The van der Waals surface area contributed by atoms with Crippen LogP contribution in [-0.4, -0.2) is 27.9 Å². The number of hydrogen-bond donors (Lipinski definition) is 1. The number of pyridine rings is 1. The number of aromatic amines is 1. The smallest absolute Gasteiger partial charge is 0.280 e. The van der Waals surface area contributed by atoms with Crippen LogP contribution in [0, 0.1) is 18.8 Å². The number of nitrogens with zero attached hydrogens (tertiary/aromatic N) is 3. The van der Waals surface area contributed by atoms with Crippen LogP contribution in [0.25, 0.3) is 27.7 Å². The van der Waals surface area contributed by atoms with Crippen LogP contribution in [0.15, 0.2) is 59.5 Å². The molecular weight excluding hydrogens is 432 g/mol. The van der Waals surface area contributed by atoms with Crippen molar-refractivity contribution in [1.29, 1.82) is 0 Å². The molecule has 0 radical (unpaired) electrons. The molecule has 2 heterocycles. The zero-order valence-electron chi connectivity index (χ0n) is 18.7. The number of benzene rings is 2. The normalized spacial score (nSPS) is 15.8. The Morgan fingerprint density at radius 3 is 2.24 bits per heavy atom. The van der Waals surface area contributed by atoms with Crippen LogP contribution >= 0.6 is 11.6 Å². The summed E-state index contributed by atoms with van der Waals surface area (Å²) in [4.78, 5) is 20.2. The first kappa shape index (κ1) is 20.5. The Kier molecular flexibility index (Phi) is 5.02. The second-order valence-electron chi connectivity index (χ2n) is 9.57. The Morgan fingerprint density at radius 1 is 1.00 bits per heavy atom. The molecule has 2 aliphatic rings. The van der Waals surface area contributed by atoms with Crippen molar-refractivity contribution in [3.63, 3.8) is 0 Å². The van der Waals surface area contributed by atoms with Crippen molar-refractivity contribution >= 4 is 28.2 Å². The summed E-state index contributed by atoms with van der Waals surface area (Å²) < 4.78 is 1.56. The van der Waals surface area contributed by atoms with E-state index in [1.165, 1.54) is 44.5 Å². The third kappa shape index (κ3) is 4.06. The van der Waals surface area contributed by atoms with Gasteiger partial charge in [0.1, 0.15) is 0 Å². The summed E-state index contributed by atoms with van der Waals surface area (Å²) in [6.45, 7) is 4.33. The number of H-pyrrole nitrogens is 1. The average Bonchev–Trinajstić information content (AvgIpc) is 3.75.